The molecule has 2 aliphatic rings. The predicted molar refractivity (Wildman–Crippen MR) is 158 cm³/mol. The number of hydrogen-bond donors (Lipinski definition) is 2. The van der Waals surface area contributed by atoms with Crippen LogP contribution in [0, 0.1) is 11.8 Å². The van der Waals surface area contributed by atoms with Crippen molar-refractivity contribution >= 4 is 23.3 Å². The fraction of sp³-hybridized carbons (Fsp3) is 0.382. The molecule has 0 aliphatic heterocycles. The molecule has 7 heteroatoms. The van der Waals surface area contributed by atoms with Crippen LogP contribution in [0.15, 0.2) is 78.9 Å². The molecule has 1 atom stereocenters. The van der Waals surface area contributed by atoms with Crippen LogP contribution in [0.25, 0.3) is 0 Å². The Balaban J connectivity index is 1.14. The van der Waals surface area contributed by atoms with Gasteiger partial charge in [-0.25, -0.2) is 4.79 Å². The van der Waals surface area contributed by atoms with Gasteiger partial charge in [0.05, 0.1) is 6.61 Å². The number of nitrogens with zero attached hydrogens (tertiary/aromatic N) is 1. The number of hydrogen-bond acceptors (Lipinski definition) is 5. The zero-order valence-electron chi connectivity index (χ0n) is 23.3. The lowest BCUT2D eigenvalue weighted by Crippen LogP contribution is -2.41. The molecule has 2 saturated carbocycles. The number of ketones is 1. The molecule has 0 radical (unpaired) electrons. The molecule has 3 aromatic rings. The molecule has 3 aromatic carbocycles. The first-order chi connectivity index (χ1) is 20.0. The summed E-state index contributed by atoms with van der Waals surface area (Å²) in [6, 6.07) is 22.5. The fourth-order valence-corrected chi connectivity index (χ4v) is 5.16. The standard InChI is InChI=1S/C34H38N2O5/c37-32(26-8-2-1-3-9-26)29-12-4-5-13-30(29)35-31(34(39)40)22-24-16-18-28(19-17-24)41-21-7-20-36(23-25-14-15-25)33(38)27-10-6-11-27/h1-5,8-9,12-13,16-19,25,27,31,35H,6-7,10-11,14-15,20-23H2,(H,39,40)/t31-/m0/s1. The molecule has 2 N–H and O–H groups in total. The van der Waals surface area contributed by atoms with Gasteiger partial charge in [0.25, 0.3) is 0 Å². The number of para-hydroxylation sites is 1. The van der Waals surface area contributed by atoms with E-state index in [4.69, 9.17) is 4.74 Å². The van der Waals surface area contributed by atoms with E-state index in [0.29, 0.717) is 41.0 Å². The van der Waals surface area contributed by atoms with Gasteiger partial charge < -0.3 is 20.1 Å². The van der Waals surface area contributed by atoms with Crippen molar-refractivity contribution in [3.8, 4) is 5.75 Å². The van der Waals surface area contributed by atoms with E-state index in [9.17, 15) is 19.5 Å². The van der Waals surface area contributed by atoms with Crippen LogP contribution in [0.1, 0.15) is 60.0 Å². The van der Waals surface area contributed by atoms with Crippen molar-refractivity contribution in [2.45, 2.75) is 51.0 Å². The second-order valence-corrected chi connectivity index (χ2v) is 11.2. The molecule has 7 nitrogen and oxygen atoms in total. The van der Waals surface area contributed by atoms with Crippen molar-refractivity contribution in [1.29, 1.82) is 0 Å². The number of ether oxygens (including phenoxy) is 1. The molecular formula is C34H38N2O5. The Bertz CT molecular complexity index is 1330. The highest BCUT2D eigenvalue weighted by Crippen LogP contribution is 2.33. The quantitative estimate of drug-likeness (QED) is 0.181. The Morgan fingerprint density at radius 1 is 0.902 bits per heavy atom. The normalized spacial score (nSPS) is 15.4. The summed E-state index contributed by atoms with van der Waals surface area (Å²) in [4.78, 5) is 40.0. The van der Waals surface area contributed by atoms with Crippen LogP contribution in [0.2, 0.25) is 0 Å². The van der Waals surface area contributed by atoms with Gasteiger partial charge in [-0.2, -0.15) is 0 Å². The zero-order chi connectivity index (χ0) is 28.6. The first kappa shape index (κ1) is 28.4. The average molecular weight is 555 g/mol. The van der Waals surface area contributed by atoms with Crippen LogP contribution in [0.4, 0.5) is 5.69 Å². The molecule has 1 amide bonds. The van der Waals surface area contributed by atoms with E-state index < -0.39 is 12.0 Å². The van der Waals surface area contributed by atoms with Crippen molar-refractivity contribution in [3.05, 3.63) is 95.6 Å². The SMILES string of the molecule is O=C(c1ccccc1)c1ccccc1N[C@@H](Cc1ccc(OCCCN(CC2CC2)C(=O)C2CCC2)cc1)C(=O)O. The minimum Gasteiger partial charge on any atom is -0.494 e. The van der Waals surface area contributed by atoms with Gasteiger partial charge in [-0.15, -0.1) is 0 Å². The number of carbonyl (C=O) groups is 3. The lowest BCUT2D eigenvalue weighted by Gasteiger charge is -2.32. The van der Waals surface area contributed by atoms with E-state index in [1.807, 2.05) is 30.3 Å². The summed E-state index contributed by atoms with van der Waals surface area (Å²) in [6.07, 6.45) is 6.69. The predicted octanol–water partition coefficient (Wildman–Crippen LogP) is 5.83. The molecule has 0 bridgehead atoms. The van der Waals surface area contributed by atoms with Gasteiger partial charge in [-0.1, -0.05) is 61.0 Å². The van der Waals surface area contributed by atoms with Crippen molar-refractivity contribution in [3.63, 3.8) is 0 Å². The van der Waals surface area contributed by atoms with Gasteiger partial charge in [-0.3, -0.25) is 9.59 Å². The number of aliphatic carboxylic acids is 1. The van der Waals surface area contributed by atoms with Gasteiger partial charge in [0.1, 0.15) is 11.8 Å². The van der Waals surface area contributed by atoms with Crippen LogP contribution in [-0.4, -0.2) is 53.4 Å². The first-order valence-corrected chi connectivity index (χ1v) is 14.7. The van der Waals surface area contributed by atoms with Gasteiger partial charge in [-0.05, 0) is 67.9 Å². The van der Waals surface area contributed by atoms with E-state index in [2.05, 4.69) is 10.2 Å². The number of carboxylic acids is 1. The van der Waals surface area contributed by atoms with Crippen LogP contribution in [0.3, 0.4) is 0 Å². The number of carboxylic acid groups (broad SMARTS) is 1. The lowest BCUT2D eigenvalue weighted by atomic mass is 9.84. The third kappa shape index (κ3) is 7.75. The second kappa shape index (κ2) is 13.5. The summed E-state index contributed by atoms with van der Waals surface area (Å²) < 4.78 is 5.94. The van der Waals surface area contributed by atoms with Crippen LogP contribution < -0.4 is 10.1 Å². The largest absolute Gasteiger partial charge is 0.494 e. The number of nitrogens with one attached hydrogen (secondary N) is 1. The maximum absolute atomic E-state index is 13.1. The van der Waals surface area contributed by atoms with Gasteiger partial charge in [0.15, 0.2) is 5.78 Å². The lowest BCUT2D eigenvalue weighted by molar-refractivity contribution is -0.139. The summed E-state index contributed by atoms with van der Waals surface area (Å²) in [5, 5.41) is 13.0. The van der Waals surface area contributed by atoms with Crippen molar-refractivity contribution in [2.75, 3.05) is 25.0 Å². The molecule has 0 unspecified atom stereocenters. The Hall–Kier alpha value is -4.13. The van der Waals surface area contributed by atoms with Crippen LogP contribution in [-0.2, 0) is 16.0 Å². The highest BCUT2D eigenvalue weighted by molar-refractivity contribution is 6.12. The Kier molecular flexibility index (Phi) is 9.34. The maximum Gasteiger partial charge on any atom is 0.326 e. The molecule has 41 heavy (non-hydrogen) atoms. The van der Waals surface area contributed by atoms with E-state index >= 15 is 0 Å². The number of rotatable bonds is 15. The third-order valence-electron chi connectivity index (χ3n) is 7.98. The molecule has 214 valence electrons. The van der Waals surface area contributed by atoms with Crippen LogP contribution in [0.5, 0.6) is 5.75 Å². The summed E-state index contributed by atoms with van der Waals surface area (Å²) in [5.74, 6) is 0.771. The van der Waals surface area contributed by atoms with E-state index in [1.54, 1.807) is 48.5 Å². The molecule has 0 heterocycles. The smallest absolute Gasteiger partial charge is 0.326 e. The number of amides is 1. The van der Waals surface area contributed by atoms with Gasteiger partial charge in [0, 0.05) is 42.2 Å². The number of carbonyl (C=O) groups excluding carboxylic acids is 2. The highest BCUT2D eigenvalue weighted by atomic mass is 16.5. The second-order valence-electron chi connectivity index (χ2n) is 11.2. The highest BCUT2D eigenvalue weighted by Gasteiger charge is 2.32. The van der Waals surface area contributed by atoms with E-state index in [0.717, 1.165) is 44.3 Å². The average Bonchev–Trinajstić information content (AvgIpc) is 3.78. The monoisotopic (exact) mass is 554 g/mol. The number of benzene rings is 3. The maximum atomic E-state index is 13.1. The molecular weight excluding hydrogens is 516 g/mol. The summed E-state index contributed by atoms with van der Waals surface area (Å²) in [7, 11) is 0. The fourth-order valence-electron chi connectivity index (χ4n) is 5.16. The molecule has 2 fully saturated rings. The van der Waals surface area contributed by atoms with Crippen molar-refractivity contribution in [1.82, 2.24) is 4.90 Å². The zero-order valence-corrected chi connectivity index (χ0v) is 23.3. The van der Waals surface area contributed by atoms with Crippen molar-refractivity contribution < 1.29 is 24.2 Å². The summed E-state index contributed by atoms with van der Waals surface area (Å²) >= 11 is 0. The third-order valence-corrected chi connectivity index (χ3v) is 7.98. The number of anilines is 1. The Morgan fingerprint density at radius 3 is 2.27 bits per heavy atom. The Morgan fingerprint density at radius 2 is 1.61 bits per heavy atom. The minimum absolute atomic E-state index is 0.164. The summed E-state index contributed by atoms with van der Waals surface area (Å²) in [6.45, 7) is 2.13. The minimum atomic E-state index is -1.00. The molecule has 2 aliphatic carbocycles. The Labute approximate surface area is 241 Å². The van der Waals surface area contributed by atoms with E-state index in [1.165, 1.54) is 12.8 Å². The molecule has 0 saturated heterocycles. The van der Waals surface area contributed by atoms with Crippen molar-refractivity contribution in [2.24, 2.45) is 11.8 Å². The molecule has 5 rings (SSSR count). The topological polar surface area (TPSA) is 95.9 Å². The molecule has 0 spiro atoms. The van der Waals surface area contributed by atoms with E-state index in [-0.39, 0.29) is 18.1 Å². The van der Waals surface area contributed by atoms with Gasteiger partial charge in [0.2, 0.25) is 5.91 Å². The van der Waals surface area contributed by atoms with Gasteiger partial charge >= 0.3 is 5.97 Å². The molecule has 0 aromatic heterocycles. The first-order valence-electron chi connectivity index (χ1n) is 14.7. The van der Waals surface area contributed by atoms with Crippen LogP contribution >= 0.6 is 0 Å². The summed E-state index contributed by atoms with van der Waals surface area (Å²) in [5.41, 5.74) is 2.30.